The molecule has 22 heavy (non-hydrogen) atoms. The normalized spacial score (nSPS) is 13.3. The Kier molecular flexibility index (Phi) is 7.71. The first-order valence-electron chi connectivity index (χ1n) is 7.35. The number of alkyl halides is 3. The smallest absolute Gasteiger partial charge is 0.425 e. The molecule has 0 bridgehead atoms. The van der Waals surface area contributed by atoms with Gasteiger partial charge in [-0.3, -0.25) is 0 Å². The van der Waals surface area contributed by atoms with Crippen LogP contribution in [0, 0.1) is 6.07 Å². The molecule has 0 aromatic heterocycles. The summed E-state index contributed by atoms with van der Waals surface area (Å²) in [6.07, 6.45) is -1.41. The predicted molar refractivity (Wildman–Crippen MR) is 79.0 cm³/mol. The highest BCUT2D eigenvalue weighted by molar-refractivity contribution is 5.87. The Morgan fingerprint density at radius 3 is 2.55 bits per heavy atom. The highest BCUT2D eigenvalue weighted by atomic mass is 19.4. The van der Waals surface area contributed by atoms with Gasteiger partial charge in [-0.2, -0.15) is 13.2 Å². The van der Waals surface area contributed by atoms with Gasteiger partial charge in [0, 0.05) is 6.08 Å². The maximum absolute atomic E-state index is 12.8. The number of hydrogen-bond acceptors (Lipinski definition) is 2. The predicted octanol–water partition coefficient (Wildman–Crippen LogP) is 4.94. The molecule has 1 atom stereocenters. The molecule has 1 radical (unpaired) electrons. The zero-order valence-corrected chi connectivity index (χ0v) is 12.5. The Hall–Kier alpha value is -1.78. The molecule has 0 N–H and O–H groups in total. The topological polar surface area (TPSA) is 26.3 Å². The van der Waals surface area contributed by atoms with Crippen molar-refractivity contribution in [3.63, 3.8) is 0 Å². The van der Waals surface area contributed by atoms with Crippen LogP contribution in [0.3, 0.4) is 0 Å². The average molecular weight is 313 g/mol. The molecular weight excluding hydrogens is 293 g/mol. The van der Waals surface area contributed by atoms with Gasteiger partial charge >= 0.3 is 12.1 Å². The van der Waals surface area contributed by atoms with Crippen molar-refractivity contribution in [2.75, 3.05) is 0 Å². The number of halogens is 3. The standard InChI is InChI=1S/C17H20F3O2/c1-2-3-4-8-11-15(17(18,19)20)22-16(21)13-12-14-9-6-5-7-10-14/h6-7,9-10,12-13,15H,2-4,8,11H2,1H3. The van der Waals surface area contributed by atoms with E-state index < -0.39 is 18.2 Å². The molecule has 1 rings (SSSR count). The van der Waals surface area contributed by atoms with Crippen molar-refractivity contribution >= 4 is 12.0 Å². The van der Waals surface area contributed by atoms with E-state index in [0.29, 0.717) is 18.4 Å². The molecule has 0 saturated heterocycles. The molecule has 0 amide bonds. The average Bonchev–Trinajstić information content (AvgIpc) is 2.48. The summed E-state index contributed by atoms with van der Waals surface area (Å²) in [6, 6.07) is 9.49. The van der Waals surface area contributed by atoms with Gasteiger partial charge in [0.15, 0.2) is 6.10 Å². The van der Waals surface area contributed by atoms with Crippen LogP contribution in [0.25, 0.3) is 6.08 Å². The zero-order chi connectivity index (χ0) is 16.4. The quantitative estimate of drug-likeness (QED) is 0.386. The first-order valence-corrected chi connectivity index (χ1v) is 7.35. The minimum Gasteiger partial charge on any atom is -0.450 e. The number of rotatable bonds is 8. The second-order valence-electron chi connectivity index (χ2n) is 4.98. The van der Waals surface area contributed by atoms with Gasteiger partial charge < -0.3 is 4.74 Å². The number of hydrogen-bond donors (Lipinski definition) is 0. The van der Waals surface area contributed by atoms with Gasteiger partial charge in [0.25, 0.3) is 0 Å². The summed E-state index contributed by atoms with van der Waals surface area (Å²) in [4.78, 5) is 11.5. The van der Waals surface area contributed by atoms with Crippen LogP contribution in [0.15, 0.2) is 30.3 Å². The SMILES string of the molecule is CCCCCCC(OC(=O)C=Cc1cc[c]cc1)C(F)(F)F. The largest absolute Gasteiger partial charge is 0.450 e. The van der Waals surface area contributed by atoms with Crippen LogP contribution in [0.4, 0.5) is 13.2 Å². The van der Waals surface area contributed by atoms with Gasteiger partial charge in [-0.1, -0.05) is 50.5 Å². The lowest BCUT2D eigenvalue weighted by Gasteiger charge is -2.19. The minimum atomic E-state index is -4.53. The van der Waals surface area contributed by atoms with Crippen LogP contribution in [0.2, 0.25) is 0 Å². The Labute approximate surface area is 129 Å². The Bertz CT molecular complexity index is 467. The fourth-order valence-electron chi connectivity index (χ4n) is 1.90. The Morgan fingerprint density at radius 2 is 1.95 bits per heavy atom. The highest BCUT2D eigenvalue weighted by Gasteiger charge is 2.41. The number of carbonyl (C=O) groups is 1. The van der Waals surface area contributed by atoms with Crippen molar-refractivity contribution in [2.24, 2.45) is 0 Å². The summed E-state index contributed by atoms with van der Waals surface area (Å²) in [6.45, 7) is 1.98. The van der Waals surface area contributed by atoms with Crippen molar-refractivity contribution in [2.45, 2.75) is 51.3 Å². The molecule has 0 aliphatic rings. The summed E-state index contributed by atoms with van der Waals surface area (Å²) < 4.78 is 43.1. The van der Waals surface area contributed by atoms with E-state index in [1.165, 1.54) is 6.08 Å². The molecule has 5 heteroatoms. The van der Waals surface area contributed by atoms with Gasteiger partial charge in [-0.15, -0.1) is 0 Å². The summed E-state index contributed by atoms with van der Waals surface area (Å²) >= 11 is 0. The molecule has 0 fully saturated rings. The van der Waals surface area contributed by atoms with Crippen LogP contribution in [-0.2, 0) is 9.53 Å². The van der Waals surface area contributed by atoms with E-state index in [4.69, 9.17) is 0 Å². The first-order chi connectivity index (χ1) is 10.4. The summed E-state index contributed by atoms with van der Waals surface area (Å²) in [5.41, 5.74) is 0.696. The molecule has 0 aliphatic heterocycles. The first kappa shape index (κ1) is 18.3. The molecule has 1 unspecified atom stereocenters. The van der Waals surface area contributed by atoms with Crippen LogP contribution >= 0.6 is 0 Å². The third-order valence-electron chi connectivity index (χ3n) is 3.10. The van der Waals surface area contributed by atoms with Gasteiger partial charge in [-0.25, -0.2) is 4.79 Å². The van der Waals surface area contributed by atoms with Crippen LogP contribution in [-0.4, -0.2) is 18.2 Å². The van der Waals surface area contributed by atoms with Crippen molar-refractivity contribution in [3.05, 3.63) is 42.0 Å². The van der Waals surface area contributed by atoms with Crippen molar-refractivity contribution in [3.8, 4) is 0 Å². The molecule has 0 aliphatic carbocycles. The summed E-state index contributed by atoms with van der Waals surface area (Å²) in [7, 11) is 0. The second kappa shape index (κ2) is 9.28. The van der Waals surface area contributed by atoms with E-state index >= 15 is 0 Å². The van der Waals surface area contributed by atoms with E-state index in [2.05, 4.69) is 10.8 Å². The van der Waals surface area contributed by atoms with Gasteiger partial charge in [0.05, 0.1) is 0 Å². The van der Waals surface area contributed by atoms with Crippen molar-refractivity contribution < 1.29 is 22.7 Å². The molecular formula is C17H20F3O2. The molecule has 0 spiro atoms. The van der Waals surface area contributed by atoms with Crippen molar-refractivity contribution in [1.29, 1.82) is 0 Å². The van der Waals surface area contributed by atoms with E-state index in [1.807, 2.05) is 6.92 Å². The second-order valence-corrected chi connectivity index (χ2v) is 4.98. The lowest BCUT2D eigenvalue weighted by molar-refractivity contribution is -0.220. The highest BCUT2D eigenvalue weighted by Crippen LogP contribution is 2.27. The fraction of sp³-hybridized carbons (Fsp3) is 0.471. The maximum Gasteiger partial charge on any atom is 0.425 e. The monoisotopic (exact) mass is 313 g/mol. The number of benzene rings is 1. The van der Waals surface area contributed by atoms with E-state index in [9.17, 15) is 18.0 Å². The number of esters is 1. The molecule has 121 valence electrons. The van der Waals surface area contributed by atoms with E-state index in [0.717, 1.165) is 18.9 Å². The van der Waals surface area contributed by atoms with Crippen LogP contribution < -0.4 is 0 Å². The Morgan fingerprint density at radius 1 is 1.27 bits per heavy atom. The number of unbranched alkanes of at least 4 members (excludes halogenated alkanes) is 3. The molecule has 0 saturated carbocycles. The van der Waals surface area contributed by atoms with E-state index in [-0.39, 0.29) is 6.42 Å². The fourth-order valence-corrected chi connectivity index (χ4v) is 1.90. The lowest BCUT2D eigenvalue weighted by atomic mass is 10.1. The number of carbonyl (C=O) groups excluding carboxylic acids is 1. The molecule has 2 nitrogen and oxygen atoms in total. The summed E-state index contributed by atoms with van der Waals surface area (Å²) in [5.74, 6) is -0.981. The zero-order valence-electron chi connectivity index (χ0n) is 12.5. The minimum absolute atomic E-state index is 0.191. The summed E-state index contributed by atoms with van der Waals surface area (Å²) in [5, 5.41) is 0. The lowest BCUT2D eigenvalue weighted by Crippen LogP contribution is -2.33. The maximum atomic E-state index is 12.8. The third kappa shape index (κ3) is 7.29. The van der Waals surface area contributed by atoms with Gasteiger partial charge in [0.2, 0.25) is 0 Å². The van der Waals surface area contributed by atoms with Crippen molar-refractivity contribution in [1.82, 2.24) is 0 Å². The van der Waals surface area contributed by atoms with Gasteiger partial charge in [0.1, 0.15) is 0 Å². The molecule has 1 aromatic carbocycles. The number of ether oxygens (including phenoxy) is 1. The molecule has 0 heterocycles. The van der Waals surface area contributed by atoms with Gasteiger partial charge in [-0.05, 0) is 30.5 Å². The van der Waals surface area contributed by atoms with Crippen LogP contribution in [0.5, 0.6) is 0 Å². The molecule has 1 aromatic rings. The van der Waals surface area contributed by atoms with E-state index in [1.54, 1.807) is 24.3 Å². The van der Waals surface area contributed by atoms with Crippen LogP contribution in [0.1, 0.15) is 44.6 Å². The third-order valence-corrected chi connectivity index (χ3v) is 3.10. The Balaban J connectivity index is 2.53.